The minimum Gasteiger partial charge on any atom is -0.368 e. The van der Waals surface area contributed by atoms with E-state index in [0.717, 1.165) is 43.0 Å². The van der Waals surface area contributed by atoms with Crippen LogP contribution in [0.5, 0.6) is 0 Å². The molecule has 9 nitrogen and oxygen atoms in total. The fourth-order valence-electron chi connectivity index (χ4n) is 4.62. The fraction of sp³-hybridized carbons (Fsp3) is 0.381. The number of piperazine rings is 1. The molecule has 0 amide bonds. The van der Waals surface area contributed by atoms with Gasteiger partial charge in [-0.2, -0.15) is 0 Å². The van der Waals surface area contributed by atoms with Gasteiger partial charge in [0.25, 0.3) is 5.69 Å². The zero-order valence-electron chi connectivity index (χ0n) is 16.5. The lowest BCUT2D eigenvalue weighted by atomic mass is 10.1. The molecule has 2 aromatic carbocycles. The highest BCUT2D eigenvalue weighted by Gasteiger charge is 2.39. The summed E-state index contributed by atoms with van der Waals surface area (Å²) in [5, 5.41) is 22.1. The van der Waals surface area contributed by atoms with Crippen molar-refractivity contribution in [3.05, 3.63) is 70.5 Å². The molecule has 2 unspecified atom stereocenters. The summed E-state index contributed by atoms with van der Waals surface area (Å²) in [7, 11) is 0. The average molecular weight is 404 g/mol. The Morgan fingerprint density at radius 2 is 1.87 bits per heavy atom. The second-order valence-electron chi connectivity index (χ2n) is 7.89. The van der Waals surface area contributed by atoms with Gasteiger partial charge in [-0.15, -0.1) is 5.10 Å². The predicted molar refractivity (Wildman–Crippen MR) is 111 cm³/mol. The highest BCUT2D eigenvalue weighted by Crippen LogP contribution is 2.33. The van der Waals surface area contributed by atoms with Gasteiger partial charge in [-0.25, -0.2) is 4.68 Å². The van der Waals surface area contributed by atoms with Gasteiger partial charge in [0, 0.05) is 55.6 Å². The smallest absolute Gasteiger partial charge is 0.269 e. The Hall–Kier alpha value is -3.33. The molecule has 2 aliphatic rings. The number of rotatable bonds is 6. The number of nitro groups is 1. The molecule has 3 aromatic rings. The van der Waals surface area contributed by atoms with Crippen LogP contribution in [0.1, 0.15) is 18.4 Å². The molecule has 5 rings (SSSR count). The van der Waals surface area contributed by atoms with Crippen LogP contribution in [0.3, 0.4) is 0 Å². The standard InChI is InChI=1S/C21H22N7O2/c29-28(30)19-3-1-16(2-4-19)11-12-26-20-9-10-21(26)14-25(13-20)17-5-7-18(8-6-17)27-15-22-23-24-27/h1-5,7-8,15,20-21H,9-14H2. The number of hydrogen-bond acceptors (Lipinski definition) is 7. The summed E-state index contributed by atoms with van der Waals surface area (Å²) in [6.07, 6.45) is 4.92. The van der Waals surface area contributed by atoms with Crippen LogP contribution in [0.2, 0.25) is 0 Å². The number of benzene rings is 2. The van der Waals surface area contributed by atoms with Gasteiger partial charge in [0.2, 0.25) is 0 Å². The molecular formula is C21H22N7O2. The van der Waals surface area contributed by atoms with E-state index in [9.17, 15) is 10.1 Å². The highest BCUT2D eigenvalue weighted by molar-refractivity contribution is 5.50. The molecule has 0 aliphatic carbocycles. The van der Waals surface area contributed by atoms with Crippen LogP contribution in [-0.2, 0) is 6.42 Å². The zero-order chi connectivity index (χ0) is 20.5. The summed E-state index contributed by atoms with van der Waals surface area (Å²) in [6.45, 7) is 2.98. The van der Waals surface area contributed by atoms with E-state index < -0.39 is 0 Å². The molecule has 0 saturated carbocycles. The van der Waals surface area contributed by atoms with Crippen molar-refractivity contribution in [1.82, 2.24) is 25.1 Å². The van der Waals surface area contributed by atoms with E-state index in [4.69, 9.17) is 0 Å². The maximum absolute atomic E-state index is 10.8. The van der Waals surface area contributed by atoms with Crippen LogP contribution in [-0.4, -0.2) is 61.7 Å². The Morgan fingerprint density at radius 1 is 1.10 bits per heavy atom. The van der Waals surface area contributed by atoms with Crippen LogP contribution in [0.15, 0.2) is 48.8 Å². The summed E-state index contributed by atoms with van der Waals surface area (Å²) in [5.41, 5.74) is 3.30. The summed E-state index contributed by atoms with van der Waals surface area (Å²) >= 11 is 0. The van der Waals surface area contributed by atoms with E-state index >= 15 is 0 Å². The minimum atomic E-state index is -0.352. The third-order valence-corrected chi connectivity index (χ3v) is 6.17. The lowest BCUT2D eigenvalue weighted by molar-refractivity contribution is -0.384. The van der Waals surface area contributed by atoms with Gasteiger partial charge >= 0.3 is 0 Å². The molecule has 2 aliphatic heterocycles. The molecular weight excluding hydrogens is 382 g/mol. The van der Waals surface area contributed by atoms with Gasteiger partial charge in [0.05, 0.1) is 10.6 Å². The van der Waals surface area contributed by atoms with Gasteiger partial charge in [-0.05, 0) is 53.5 Å². The van der Waals surface area contributed by atoms with Crippen molar-refractivity contribution in [3.8, 4) is 5.69 Å². The normalized spacial score (nSPS) is 21.1. The molecule has 153 valence electrons. The lowest BCUT2D eigenvalue weighted by Gasteiger charge is -2.42. The quantitative estimate of drug-likeness (QED) is 0.459. The minimum absolute atomic E-state index is 0.148. The first kappa shape index (κ1) is 18.7. The van der Waals surface area contributed by atoms with Gasteiger partial charge in [0.1, 0.15) is 6.33 Å². The van der Waals surface area contributed by atoms with Crippen LogP contribution in [0.4, 0.5) is 11.4 Å². The first-order valence-electron chi connectivity index (χ1n) is 10.2. The second-order valence-corrected chi connectivity index (χ2v) is 7.89. The maximum Gasteiger partial charge on any atom is 0.269 e. The van der Waals surface area contributed by atoms with Crippen LogP contribution in [0.25, 0.3) is 5.69 Å². The molecule has 30 heavy (non-hydrogen) atoms. The van der Waals surface area contributed by atoms with E-state index in [0.29, 0.717) is 12.1 Å². The van der Waals surface area contributed by atoms with Crippen molar-refractivity contribution < 1.29 is 4.92 Å². The van der Waals surface area contributed by atoms with Crippen molar-refractivity contribution in [3.63, 3.8) is 0 Å². The molecule has 2 bridgehead atoms. The summed E-state index contributed by atoms with van der Waals surface area (Å²) in [6, 6.07) is 17.4. The number of aromatic nitrogens is 4. The Kier molecular flexibility index (Phi) is 4.88. The zero-order valence-corrected chi connectivity index (χ0v) is 16.5. The Balaban J connectivity index is 1.21. The third-order valence-electron chi connectivity index (χ3n) is 6.17. The molecule has 2 atom stereocenters. The first-order chi connectivity index (χ1) is 14.7. The number of non-ortho nitro benzene ring substituents is 1. The van der Waals surface area contributed by atoms with Gasteiger partial charge < -0.3 is 4.90 Å². The SMILES string of the molecule is O=[N+]([O-])c1ccc(CCN2C3CCC2CN(c2[c]cc(-n4cnnn4)cc2)C3)cc1. The van der Waals surface area contributed by atoms with Crippen LogP contribution >= 0.6 is 0 Å². The molecule has 2 fully saturated rings. The number of tetrazole rings is 1. The first-order valence-corrected chi connectivity index (χ1v) is 10.2. The highest BCUT2D eigenvalue weighted by atomic mass is 16.6. The van der Waals surface area contributed by atoms with E-state index in [1.54, 1.807) is 23.1 Å². The van der Waals surface area contributed by atoms with E-state index in [-0.39, 0.29) is 10.6 Å². The van der Waals surface area contributed by atoms with Crippen molar-refractivity contribution >= 4 is 11.4 Å². The van der Waals surface area contributed by atoms with E-state index in [1.807, 2.05) is 24.3 Å². The summed E-state index contributed by atoms with van der Waals surface area (Å²) in [4.78, 5) is 15.5. The molecule has 0 spiro atoms. The number of nitrogens with zero attached hydrogens (tertiary/aromatic N) is 7. The number of fused-ring (bicyclic) bond motifs is 2. The third kappa shape index (κ3) is 3.63. The van der Waals surface area contributed by atoms with Crippen molar-refractivity contribution in [2.45, 2.75) is 31.3 Å². The Bertz CT molecular complexity index is 991. The monoisotopic (exact) mass is 404 g/mol. The molecule has 0 N–H and O–H groups in total. The molecule has 2 saturated heterocycles. The molecule has 1 aromatic heterocycles. The largest absolute Gasteiger partial charge is 0.368 e. The molecule has 3 heterocycles. The Morgan fingerprint density at radius 3 is 2.47 bits per heavy atom. The van der Waals surface area contributed by atoms with Crippen LogP contribution < -0.4 is 4.90 Å². The predicted octanol–water partition coefficient (Wildman–Crippen LogP) is 2.27. The summed E-state index contributed by atoms with van der Waals surface area (Å²) in [5.74, 6) is 0. The lowest BCUT2D eigenvalue weighted by Crippen LogP contribution is -2.54. The van der Waals surface area contributed by atoms with Crippen molar-refractivity contribution in [2.24, 2.45) is 0 Å². The van der Waals surface area contributed by atoms with Crippen LogP contribution in [0, 0.1) is 16.2 Å². The van der Waals surface area contributed by atoms with E-state index in [1.165, 1.54) is 12.8 Å². The topological polar surface area (TPSA) is 93.2 Å². The number of anilines is 1. The van der Waals surface area contributed by atoms with Gasteiger partial charge in [0.15, 0.2) is 0 Å². The average Bonchev–Trinajstić information content (AvgIpc) is 3.38. The van der Waals surface area contributed by atoms with Crippen molar-refractivity contribution in [2.75, 3.05) is 24.5 Å². The fourth-order valence-corrected chi connectivity index (χ4v) is 4.62. The Labute approximate surface area is 174 Å². The second kappa shape index (κ2) is 7.83. The van der Waals surface area contributed by atoms with Crippen molar-refractivity contribution in [1.29, 1.82) is 0 Å². The van der Waals surface area contributed by atoms with E-state index in [2.05, 4.69) is 37.5 Å². The summed E-state index contributed by atoms with van der Waals surface area (Å²) < 4.78 is 1.63. The molecule has 1 radical (unpaired) electrons. The van der Waals surface area contributed by atoms with Gasteiger partial charge in [-0.1, -0.05) is 12.1 Å². The molecule has 9 heteroatoms. The number of hydrogen-bond donors (Lipinski definition) is 0. The number of nitro benzene ring substituents is 1. The maximum atomic E-state index is 10.8. The van der Waals surface area contributed by atoms with Gasteiger partial charge in [-0.3, -0.25) is 15.0 Å².